The molecule has 1 atom stereocenters. The maximum atomic E-state index is 9.24. The second kappa shape index (κ2) is 4.60. The number of aliphatic hydroxyl groups excluding tert-OH is 1. The first kappa shape index (κ1) is 11.1. The molecule has 0 aromatic heterocycles. The van der Waals surface area contributed by atoms with Crippen LogP contribution in [0.4, 0.5) is 5.69 Å². The van der Waals surface area contributed by atoms with Crippen LogP contribution in [0.5, 0.6) is 0 Å². The van der Waals surface area contributed by atoms with Gasteiger partial charge in [0.2, 0.25) is 0 Å². The summed E-state index contributed by atoms with van der Waals surface area (Å²) in [6, 6.07) is 5.79. The highest BCUT2D eigenvalue weighted by Gasteiger charge is 2.25. The van der Waals surface area contributed by atoms with Gasteiger partial charge in [-0.2, -0.15) is 0 Å². The Labute approximate surface area is 99.4 Å². The van der Waals surface area contributed by atoms with Crippen molar-refractivity contribution in [3.8, 4) is 0 Å². The minimum Gasteiger partial charge on any atom is -0.394 e. The fourth-order valence-electron chi connectivity index (χ4n) is 2.06. The van der Waals surface area contributed by atoms with E-state index in [2.05, 4.69) is 4.90 Å². The predicted molar refractivity (Wildman–Crippen MR) is 63.9 cm³/mol. The lowest BCUT2D eigenvalue weighted by Gasteiger charge is -2.26. The molecule has 1 aliphatic heterocycles. The van der Waals surface area contributed by atoms with Crippen LogP contribution in [0, 0.1) is 0 Å². The van der Waals surface area contributed by atoms with Crippen LogP contribution in [0.1, 0.15) is 12.8 Å². The van der Waals surface area contributed by atoms with Crippen LogP contribution in [-0.4, -0.2) is 24.3 Å². The Morgan fingerprint density at radius 3 is 2.93 bits per heavy atom. The topological polar surface area (TPSA) is 23.5 Å². The van der Waals surface area contributed by atoms with E-state index in [-0.39, 0.29) is 12.6 Å². The van der Waals surface area contributed by atoms with Crippen molar-refractivity contribution in [2.24, 2.45) is 0 Å². The van der Waals surface area contributed by atoms with Crippen LogP contribution in [0.3, 0.4) is 0 Å². The van der Waals surface area contributed by atoms with Crippen molar-refractivity contribution in [3.63, 3.8) is 0 Å². The molecule has 2 rings (SSSR count). The lowest BCUT2D eigenvalue weighted by molar-refractivity contribution is 0.266. The molecule has 2 nitrogen and oxygen atoms in total. The van der Waals surface area contributed by atoms with E-state index in [0.29, 0.717) is 10.0 Å². The monoisotopic (exact) mass is 245 g/mol. The second-order valence-electron chi connectivity index (χ2n) is 3.74. The number of hydrogen-bond donors (Lipinski definition) is 1. The molecule has 1 unspecified atom stereocenters. The van der Waals surface area contributed by atoms with Crippen molar-refractivity contribution in [2.45, 2.75) is 18.9 Å². The van der Waals surface area contributed by atoms with Gasteiger partial charge in [0.15, 0.2) is 0 Å². The van der Waals surface area contributed by atoms with Crippen molar-refractivity contribution in [1.82, 2.24) is 0 Å². The van der Waals surface area contributed by atoms with Crippen molar-refractivity contribution < 1.29 is 5.11 Å². The van der Waals surface area contributed by atoms with Gasteiger partial charge in [-0.05, 0) is 25.0 Å². The first-order valence-electron chi connectivity index (χ1n) is 5.05. The van der Waals surface area contributed by atoms with Gasteiger partial charge in [0.1, 0.15) is 0 Å². The maximum Gasteiger partial charge on any atom is 0.0825 e. The molecule has 0 saturated carbocycles. The minimum absolute atomic E-state index is 0.169. The van der Waals surface area contributed by atoms with Crippen LogP contribution in [0.15, 0.2) is 18.2 Å². The molecule has 0 amide bonds. The first-order chi connectivity index (χ1) is 7.24. The Hall–Kier alpha value is -0.440. The van der Waals surface area contributed by atoms with Crippen molar-refractivity contribution in [2.75, 3.05) is 18.1 Å². The third kappa shape index (κ3) is 2.07. The Morgan fingerprint density at radius 1 is 1.40 bits per heavy atom. The van der Waals surface area contributed by atoms with E-state index in [0.717, 1.165) is 25.1 Å². The van der Waals surface area contributed by atoms with Crippen molar-refractivity contribution in [3.05, 3.63) is 28.2 Å². The van der Waals surface area contributed by atoms with Gasteiger partial charge in [0, 0.05) is 6.54 Å². The largest absolute Gasteiger partial charge is 0.394 e. The molecule has 0 radical (unpaired) electrons. The molecular weight excluding hydrogens is 233 g/mol. The van der Waals surface area contributed by atoms with Gasteiger partial charge >= 0.3 is 0 Å². The van der Waals surface area contributed by atoms with E-state index in [9.17, 15) is 5.11 Å². The third-order valence-corrected chi connectivity index (χ3v) is 3.64. The molecule has 0 aliphatic carbocycles. The molecule has 1 saturated heterocycles. The average Bonchev–Trinajstić information content (AvgIpc) is 2.70. The first-order valence-corrected chi connectivity index (χ1v) is 5.81. The zero-order valence-electron chi connectivity index (χ0n) is 8.29. The summed E-state index contributed by atoms with van der Waals surface area (Å²) < 4.78 is 0. The number of halogens is 2. The summed E-state index contributed by atoms with van der Waals surface area (Å²) in [5.74, 6) is 0. The quantitative estimate of drug-likeness (QED) is 0.867. The van der Waals surface area contributed by atoms with Gasteiger partial charge < -0.3 is 10.0 Å². The minimum atomic E-state index is 0.169. The smallest absolute Gasteiger partial charge is 0.0825 e. The van der Waals surface area contributed by atoms with Crippen LogP contribution in [-0.2, 0) is 0 Å². The van der Waals surface area contributed by atoms with Crippen molar-refractivity contribution >= 4 is 28.9 Å². The normalized spacial score (nSPS) is 21.0. The predicted octanol–water partition coefficient (Wildman–Crippen LogP) is 2.95. The Bertz CT molecular complexity index is 356. The van der Waals surface area contributed by atoms with Gasteiger partial charge in [-0.25, -0.2) is 0 Å². The molecule has 82 valence electrons. The Balaban J connectivity index is 2.32. The molecule has 15 heavy (non-hydrogen) atoms. The molecule has 0 spiro atoms. The van der Waals surface area contributed by atoms with Crippen LogP contribution >= 0.6 is 23.2 Å². The Kier molecular flexibility index (Phi) is 3.39. The van der Waals surface area contributed by atoms with Crippen LogP contribution < -0.4 is 4.90 Å². The SMILES string of the molecule is OCC1CCCN1c1cccc(Cl)c1Cl. The molecule has 4 heteroatoms. The highest BCUT2D eigenvalue weighted by molar-refractivity contribution is 6.43. The zero-order chi connectivity index (χ0) is 10.8. The Morgan fingerprint density at radius 2 is 2.20 bits per heavy atom. The van der Waals surface area contributed by atoms with E-state index in [1.54, 1.807) is 6.07 Å². The molecule has 1 aromatic rings. The fourth-order valence-corrected chi connectivity index (χ4v) is 2.46. The van der Waals surface area contributed by atoms with E-state index in [4.69, 9.17) is 23.2 Å². The van der Waals surface area contributed by atoms with E-state index < -0.39 is 0 Å². The lowest BCUT2D eigenvalue weighted by Crippen LogP contribution is -2.32. The summed E-state index contributed by atoms with van der Waals surface area (Å²) in [5.41, 5.74) is 0.931. The van der Waals surface area contributed by atoms with E-state index >= 15 is 0 Å². The van der Waals surface area contributed by atoms with Crippen molar-refractivity contribution in [1.29, 1.82) is 0 Å². The van der Waals surface area contributed by atoms with Crippen LogP contribution in [0.25, 0.3) is 0 Å². The number of rotatable bonds is 2. The molecule has 1 fully saturated rings. The summed E-state index contributed by atoms with van der Waals surface area (Å²) in [7, 11) is 0. The number of anilines is 1. The second-order valence-corrected chi connectivity index (χ2v) is 4.53. The van der Waals surface area contributed by atoms with Crippen LogP contribution in [0.2, 0.25) is 10.0 Å². The number of hydrogen-bond acceptors (Lipinski definition) is 2. The molecule has 1 aromatic carbocycles. The number of benzene rings is 1. The van der Waals surface area contributed by atoms with Gasteiger partial charge in [-0.3, -0.25) is 0 Å². The number of aliphatic hydroxyl groups is 1. The highest BCUT2D eigenvalue weighted by atomic mass is 35.5. The lowest BCUT2D eigenvalue weighted by atomic mass is 10.2. The molecule has 0 bridgehead atoms. The summed E-state index contributed by atoms with van der Waals surface area (Å²) in [4.78, 5) is 2.13. The molecule has 1 aliphatic rings. The average molecular weight is 246 g/mol. The molecular formula is C11H13Cl2NO. The summed E-state index contributed by atoms with van der Waals surface area (Å²) in [6.07, 6.45) is 2.10. The van der Waals surface area contributed by atoms with Gasteiger partial charge in [-0.1, -0.05) is 29.3 Å². The summed E-state index contributed by atoms with van der Waals surface area (Å²) in [5, 5.41) is 10.4. The third-order valence-electron chi connectivity index (χ3n) is 2.83. The number of nitrogens with zero attached hydrogens (tertiary/aromatic N) is 1. The highest BCUT2D eigenvalue weighted by Crippen LogP contribution is 2.35. The zero-order valence-corrected chi connectivity index (χ0v) is 9.80. The summed E-state index contributed by atoms with van der Waals surface area (Å²) in [6.45, 7) is 1.11. The fraction of sp³-hybridized carbons (Fsp3) is 0.455. The van der Waals surface area contributed by atoms with Gasteiger partial charge in [-0.15, -0.1) is 0 Å². The van der Waals surface area contributed by atoms with E-state index in [1.807, 2.05) is 12.1 Å². The van der Waals surface area contributed by atoms with Gasteiger partial charge in [0.05, 0.1) is 28.4 Å². The van der Waals surface area contributed by atoms with Gasteiger partial charge in [0.25, 0.3) is 0 Å². The summed E-state index contributed by atoms with van der Waals surface area (Å²) >= 11 is 12.1. The van der Waals surface area contributed by atoms with E-state index in [1.165, 1.54) is 0 Å². The maximum absolute atomic E-state index is 9.24. The molecule has 1 heterocycles. The molecule has 1 N–H and O–H groups in total. The standard InChI is InChI=1S/C11H13Cl2NO/c12-9-4-1-5-10(11(9)13)14-6-2-3-8(14)7-15/h1,4-5,8,15H,2-3,6-7H2.